The average Bonchev–Trinajstić information content (AvgIpc) is 2.27. The number of halogens is 2. The summed E-state index contributed by atoms with van der Waals surface area (Å²) in [5.41, 5.74) is -0.251. The maximum absolute atomic E-state index is 11.7. The number of esters is 1. The molecular formula is C11H13BrClNO2. The van der Waals surface area contributed by atoms with Crippen LogP contribution in [-0.4, -0.2) is 20.1 Å². The van der Waals surface area contributed by atoms with Crippen LogP contribution in [-0.2, 0) is 15.1 Å². The van der Waals surface area contributed by atoms with Crippen LogP contribution in [0.4, 0.5) is 0 Å². The largest absolute Gasteiger partial charge is 0.467 e. The molecule has 88 valence electrons. The highest BCUT2D eigenvalue weighted by Gasteiger charge is 2.36. The van der Waals surface area contributed by atoms with E-state index in [1.165, 1.54) is 7.11 Å². The van der Waals surface area contributed by atoms with Crippen molar-refractivity contribution in [2.45, 2.75) is 12.5 Å². The zero-order valence-electron chi connectivity index (χ0n) is 9.30. The molecule has 0 radical (unpaired) electrons. The Kier molecular flexibility index (Phi) is 4.35. The summed E-state index contributed by atoms with van der Waals surface area (Å²) in [4.78, 5) is 11.7. The van der Waals surface area contributed by atoms with E-state index in [0.29, 0.717) is 10.6 Å². The quantitative estimate of drug-likeness (QED) is 0.873. The number of benzene rings is 1. The van der Waals surface area contributed by atoms with Gasteiger partial charge in [0.15, 0.2) is 0 Å². The van der Waals surface area contributed by atoms with Gasteiger partial charge in [-0.2, -0.15) is 0 Å². The monoisotopic (exact) mass is 305 g/mol. The topological polar surface area (TPSA) is 38.3 Å². The van der Waals surface area contributed by atoms with Crippen LogP contribution in [0, 0.1) is 0 Å². The van der Waals surface area contributed by atoms with Gasteiger partial charge in [0.05, 0.1) is 7.11 Å². The second-order valence-electron chi connectivity index (χ2n) is 3.49. The Balaban J connectivity index is 3.28. The highest BCUT2D eigenvalue weighted by molar-refractivity contribution is 9.10. The molecule has 0 amide bonds. The third-order valence-corrected chi connectivity index (χ3v) is 3.37. The molecule has 1 rings (SSSR count). The number of hydrogen-bond donors (Lipinski definition) is 1. The zero-order chi connectivity index (χ0) is 12.3. The SMILES string of the molecule is CNC(C)(C(=O)OC)c1ccc(Br)cc1Cl. The van der Waals surface area contributed by atoms with E-state index >= 15 is 0 Å². The Morgan fingerprint density at radius 2 is 2.19 bits per heavy atom. The predicted octanol–water partition coefficient (Wildman–Crippen LogP) is 2.71. The summed E-state index contributed by atoms with van der Waals surface area (Å²) < 4.78 is 5.64. The van der Waals surface area contributed by atoms with Crippen molar-refractivity contribution < 1.29 is 9.53 Å². The molecule has 5 heteroatoms. The molecule has 0 bridgehead atoms. The molecule has 0 aromatic heterocycles. The molecule has 3 nitrogen and oxygen atoms in total. The van der Waals surface area contributed by atoms with Gasteiger partial charge in [-0.25, -0.2) is 4.79 Å². The van der Waals surface area contributed by atoms with Gasteiger partial charge in [-0.3, -0.25) is 0 Å². The van der Waals surface area contributed by atoms with E-state index in [1.807, 2.05) is 6.07 Å². The Morgan fingerprint density at radius 1 is 1.56 bits per heavy atom. The van der Waals surface area contributed by atoms with Gasteiger partial charge in [-0.15, -0.1) is 0 Å². The van der Waals surface area contributed by atoms with Crippen molar-refractivity contribution in [2.24, 2.45) is 0 Å². The highest BCUT2D eigenvalue weighted by atomic mass is 79.9. The Bertz CT molecular complexity index is 411. The van der Waals surface area contributed by atoms with Crippen molar-refractivity contribution in [1.29, 1.82) is 0 Å². The first kappa shape index (κ1) is 13.5. The van der Waals surface area contributed by atoms with Crippen molar-refractivity contribution in [3.8, 4) is 0 Å². The van der Waals surface area contributed by atoms with Crippen LogP contribution >= 0.6 is 27.5 Å². The van der Waals surface area contributed by atoms with E-state index < -0.39 is 5.54 Å². The van der Waals surface area contributed by atoms with Crippen LogP contribution in [0.15, 0.2) is 22.7 Å². The summed E-state index contributed by atoms with van der Waals surface area (Å²) in [5.74, 6) is -0.376. The number of rotatable bonds is 3. The smallest absolute Gasteiger partial charge is 0.330 e. The Morgan fingerprint density at radius 3 is 2.62 bits per heavy atom. The number of carbonyl (C=O) groups excluding carboxylic acids is 1. The van der Waals surface area contributed by atoms with E-state index in [4.69, 9.17) is 16.3 Å². The molecular weight excluding hydrogens is 293 g/mol. The van der Waals surface area contributed by atoms with Crippen LogP contribution in [0.2, 0.25) is 5.02 Å². The minimum Gasteiger partial charge on any atom is -0.467 e. The van der Waals surface area contributed by atoms with Gasteiger partial charge in [-0.1, -0.05) is 33.6 Å². The summed E-state index contributed by atoms with van der Waals surface area (Å²) in [6, 6.07) is 5.37. The first-order chi connectivity index (χ1) is 7.45. The highest BCUT2D eigenvalue weighted by Crippen LogP contribution is 2.31. The van der Waals surface area contributed by atoms with Crippen LogP contribution in [0.3, 0.4) is 0 Å². The van der Waals surface area contributed by atoms with E-state index in [9.17, 15) is 4.79 Å². The average molecular weight is 307 g/mol. The fourth-order valence-corrected chi connectivity index (χ4v) is 2.31. The molecule has 0 aliphatic heterocycles. The molecule has 0 aliphatic rings. The van der Waals surface area contributed by atoms with E-state index in [0.717, 1.165) is 4.47 Å². The zero-order valence-corrected chi connectivity index (χ0v) is 11.6. The number of nitrogens with one attached hydrogen (secondary N) is 1. The molecule has 1 N–H and O–H groups in total. The first-order valence-electron chi connectivity index (χ1n) is 4.68. The molecule has 1 unspecified atom stereocenters. The fourth-order valence-electron chi connectivity index (χ4n) is 1.45. The molecule has 0 aliphatic carbocycles. The lowest BCUT2D eigenvalue weighted by Gasteiger charge is -2.27. The molecule has 0 fully saturated rings. The minimum absolute atomic E-state index is 0.376. The number of hydrogen-bond acceptors (Lipinski definition) is 3. The van der Waals surface area contributed by atoms with Crippen LogP contribution in [0.25, 0.3) is 0 Å². The standard InChI is InChI=1S/C11H13BrClNO2/c1-11(14-2,10(15)16-3)8-5-4-7(12)6-9(8)13/h4-6,14H,1-3H3. The Hall–Kier alpha value is -0.580. The predicted molar refractivity (Wildman–Crippen MR) is 67.6 cm³/mol. The maximum Gasteiger partial charge on any atom is 0.330 e. The molecule has 0 heterocycles. The van der Waals surface area contributed by atoms with Gasteiger partial charge in [0.1, 0.15) is 5.54 Å². The fraction of sp³-hybridized carbons (Fsp3) is 0.364. The molecule has 0 saturated carbocycles. The van der Waals surface area contributed by atoms with Gasteiger partial charge in [0, 0.05) is 15.1 Å². The van der Waals surface area contributed by atoms with Crippen LogP contribution in [0.1, 0.15) is 12.5 Å². The minimum atomic E-state index is -0.938. The lowest BCUT2D eigenvalue weighted by molar-refractivity contribution is -0.148. The molecule has 1 aromatic carbocycles. The first-order valence-corrected chi connectivity index (χ1v) is 5.85. The lowest BCUT2D eigenvalue weighted by atomic mass is 9.92. The number of likely N-dealkylation sites (N-methyl/N-ethyl adjacent to an activating group) is 1. The van der Waals surface area contributed by atoms with Crippen LogP contribution < -0.4 is 5.32 Å². The van der Waals surface area contributed by atoms with Crippen LogP contribution in [0.5, 0.6) is 0 Å². The number of carbonyl (C=O) groups is 1. The third-order valence-electron chi connectivity index (χ3n) is 2.56. The molecule has 1 aromatic rings. The van der Waals surface area contributed by atoms with E-state index in [2.05, 4.69) is 21.2 Å². The van der Waals surface area contributed by atoms with Gasteiger partial charge in [0.2, 0.25) is 0 Å². The second kappa shape index (κ2) is 5.17. The Labute approximate surface area is 108 Å². The number of ether oxygens (including phenoxy) is 1. The molecule has 0 saturated heterocycles. The van der Waals surface area contributed by atoms with Crippen molar-refractivity contribution in [3.63, 3.8) is 0 Å². The molecule has 16 heavy (non-hydrogen) atoms. The summed E-state index contributed by atoms with van der Waals surface area (Å²) in [7, 11) is 3.04. The van der Waals surface area contributed by atoms with E-state index in [1.54, 1.807) is 26.1 Å². The summed E-state index contributed by atoms with van der Waals surface area (Å²) >= 11 is 9.43. The van der Waals surface area contributed by atoms with Crippen molar-refractivity contribution >= 4 is 33.5 Å². The van der Waals surface area contributed by atoms with Crippen molar-refractivity contribution in [1.82, 2.24) is 5.32 Å². The second-order valence-corrected chi connectivity index (χ2v) is 4.81. The normalized spacial score (nSPS) is 14.3. The van der Waals surface area contributed by atoms with E-state index in [-0.39, 0.29) is 5.97 Å². The number of methoxy groups -OCH3 is 1. The van der Waals surface area contributed by atoms with Crippen molar-refractivity contribution in [2.75, 3.05) is 14.2 Å². The van der Waals surface area contributed by atoms with Gasteiger partial charge in [-0.05, 0) is 26.1 Å². The summed E-state index contributed by atoms with van der Waals surface area (Å²) in [5, 5.41) is 3.44. The maximum atomic E-state index is 11.7. The molecule has 1 atom stereocenters. The summed E-state index contributed by atoms with van der Waals surface area (Å²) in [6.45, 7) is 1.73. The summed E-state index contributed by atoms with van der Waals surface area (Å²) in [6.07, 6.45) is 0. The van der Waals surface area contributed by atoms with Crippen molar-refractivity contribution in [3.05, 3.63) is 33.3 Å². The third kappa shape index (κ3) is 2.39. The van der Waals surface area contributed by atoms with Gasteiger partial charge in [0.25, 0.3) is 0 Å². The van der Waals surface area contributed by atoms with Gasteiger partial charge >= 0.3 is 5.97 Å². The molecule has 0 spiro atoms. The van der Waals surface area contributed by atoms with Gasteiger partial charge < -0.3 is 10.1 Å². The lowest BCUT2D eigenvalue weighted by Crippen LogP contribution is -2.45.